The number of piperazine rings is 1. The minimum absolute atomic E-state index is 0.207. The molecule has 23 heavy (non-hydrogen) atoms. The standard InChI is InChI=1S/C19H29N3O/c1-15-13-18(21-19(23)16-5-3-2-4-6-16)8-7-17(15)14-22-11-9-20-10-12-22/h7-8,13,16,20H,2-6,9-12,14H2,1H3,(H,21,23). The Morgan fingerprint density at radius 3 is 2.65 bits per heavy atom. The van der Waals surface area contributed by atoms with Gasteiger partial charge in [0, 0.05) is 44.3 Å². The molecule has 0 unspecified atom stereocenters. The van der Waals surface area contributed by atoms with E-state index in [-0.39, 0.29) is 11.8 Å². The lowest BCUT2D eigenvalue weighted by atomic mass is 9.88. The van der Waals surface area contributed by atoms with Crippen LogP contribution in [0.25, 0.3) is 0 Å². The molecule has 0 atom stereocenters. The highest BCUT2D eigenvalue weighted by molar-refractivity contribution is 5.92. The van der Waals surface area contributed by atoms with Gasteiger partial charge in [0.05, 0.1) is 0 Å². The smallest absolute Gasteiger partial charge is 0.227 e. The van der Waals surface area contributed by atoms with Crippen LogP contribution >= 0.6 is 0 Å². The molecule has 1 aromatic carbocycles. The second kappa shape index (κ2) is 7.93. The Morgan fingerprint density at radius 1 is 1.22 bits per heavy atom. The summed E-state index contributed by atoms with van der Waals surface area (Å²) < 4.78 is 0. The van der Waals surface area contributed by atoms with Crippen molar-refractivity contribution in [3.63, 3.8) is 0 Å². The largest absolute Gasteiger partial charge is 0.326 e. The second-order valence-electron chi connectivity index (χ2n) is 6.99. The fourth-order valence-corrected chi connectivity index (χ4v) is 3.67. The highest BCUT2D eigenvalue weighted by atomic mass is 16.1. The van der Waals surface area contributed by atoms with E-state index >= 15 is 0 Å². The summed E-state index contributed by atoms with van der Waals surface area (Å²) >= 11 is 0. The van der Waals surface area contributed by atoms with Crippen LogP contribution in [0.4, 0.5) is 5.69 Å². The molecule has 2 N–H and O–H groups in total. The van der Waals surface area contributed by atoms with E-state index in [0.717, 1.165) is 51.3 Å². The van der Waals surface area contributed by atoms with Crippen molar-refractivity contribution in [1.82, 2.24) is 10.2 Å². The van der Waals surface area contributed by atoms with Crippen molar-refractivity contribution in [3.05, 3.63) is 29.3 Å². The summed E-state index contributed by atoms with van der Waals surface area (Å²) in [7, 11) is 0. The van der Waals surface area contributed by atoms with Gasteiger partial charge in [0.2, 0.25) is 5.91 Å². The second-order valence-corrected chi connectivity index (χ2v) is 6.99. The van der Waals surface area contributed by atoms with Gasteiger partial charge in [-0.3, -0.25) is 9.69 Å². The van der Waals surface area contributed by atoms with Crippen LogP contribution in [0, 0.1) is 12.8 Å². The first-order valence-electron chi connectivity index (χ1n) is 9.06. The average molecular weight is 315 g/mol. The van der Waals surface area contributed by atoms with Crippen LogP contribution < -0.4 is 10.6 Å². The minimum Gasteiger partial charge on any atom is -0.326 e. The van der Waals surface area contributed by atoms with E-state index in [1.165, 1.54) is 30.4 Å². The molecule has 126 valence electrons. The highest BCUT2D eigenvalue weighted by Crippen LogP contribution is 2.25. The van der Waals surface area contributed by atoms with E-state index in [2.05, 4.69) is 40.7 Å². The molecule has 1 saturated carbocycles. The number of hydrogen-bond donors (Lipinski definition) is 2. The van der Waals surface area contributed by atoms with Gasteiger partial charge in [-0.15, -0.1) is 0 Å². The first-order valence-corrected chi connectivity index (χ1v) is 9.06. The number of benzene rings is 1. The normalized spacial score (nSPS) is 20.4. The Hall–Kier alpha value is -1.39. The quantitative estimate of drug-likeness (QED) is 0.898. The van der Waals surface area contributed by atoms with E-state index in [4.69, 9.17) is 0 Å². The van der Waals surface area contributed by atoms with Crippen molar-refractivity contribution in [1.29, 1.82) is 0 Å². The van der Waals surface area contributed by atoms with Crippen molar-refractivity contribution in [2.45, 2.75) is 45.6 Å². The third-order valence-electron chi connectivity index (χ3n) is 5.19. The molecule has 1 aliphatic carbocycles. The summed E-state index contributed by atoms with van der Waals surface area (Å²) in [5.41, 5.74) is 3.58. The maximum Gasteiger partial charge on any atom is 0.227 e. The number of amides is 1. The summed E-state index contributed by atoms with van der Waals surface area (Å²) in [6.07, 6.45) is 5.77. The van der Waals surface area contributed by atoms with Gasteiger partial charge in [-0.05, 0) is 43.0 Å². The van der Waals surface area contributed by atoms with E-state index in [1.54, 1.807) is 0 Å². The molecule has 3 rings (SSSR count). The van der Waals surface area contributed by atoms with Crippen LogP contribution in [-0.2, 0) is 11.3 Å². The molecule has 0 bridgehead atoms. The van der Waals surface area contributed by atoms with Crippen LogP contribution in [0.1, 0.15) is 43.2 Å². The zero-order valence-electron chi connectivity index (χ0n) is 14.2. The zero-order chi connectivity index (χ0) is 16.1. The monoisotopic (exact) mass is 315 g/mol. The van der Waals surface area contributed by atoms with Crippen molar-refractivity contribution in [2.24, 2.45) is 5.92 Å². The molecule has 1 amide bonds. The number of nitrogens with one attached hydrogen (secondary N) is 2. The Labute approximate surface area is 139 Å². The predicted octanol–water partition coefficient (Wildman–Crippen LogP) is 2.92. The first-order chi connectivity index (χ1) is 11.2. The molecule has 4 nitrogen and oxygen atoms in total. The Bertz CT molecular complexity index is 531. The van der Waals surface area contributed by atoms with Crippen molar-refractivity contribution >= 4 is 11.6 Å². The zero-order valence-corrected chi connectivity index (χ0v) is 14.2. The molecule has 1 saturated heterocycles. The van der Waals surface area contributed by atoms with E-state index in [9.17, 15) is 4.79 Å². The summed E-state index contributed by atoms with van der Waals surface area (Å²) in [6, 6.07) is 6.36. The number of rotatable bonds is 4. The topological polar surface area (TPSA) is 44.4 Å². The lowest BCUT2D eigenvalue weighted by molar-refractivity contribution is -0.120. The molecule has 1 aliphatic heterocycles. The maximum atomic E-state index is 12.4. The van der Waals surface area contributed by atoms with Gasteiger partial charge in [0.15, 0.2) is 0 Å². The number of nitrogens with zero attached hydrogens (tertiary/aromatic N) is 1. The number of hydrogen-bond acceptors (Lipinski definition) is 3. The minimum atomic E-state index is 0.207. The Balaban J connectivity index is 1.58. The van der Waals surface area contributed by atoms with Crippen molar-refractivity contribution < 1.29 is 4.79 Å². The SMILES string of the molecule is Cc1cc(NC(=O)C2CCCCC2)ccc1CN1CCNCC1. The lowest BCUT2D eigenvalue weighted by Crippen LogP contribution is -2.42. The molecule has 2 fully saturated rings. The summed E-state index contributed by atoms with van der Waals surface area (Å²) in [6.45, 7) is 7.53. The van der Waals surface area contributed by atoms with Crippen LogP contribution in [0.5, 0.6) is 0 Å². The summed E-state index contributed by atoms with van der Waals surface area (Å²) in [4.78, 5) is 14.8. The molecule has 1 heterocycles. The van der Waals surface area contributed by atoms with E-state index in [1.807, 2.05) is 0 Å². The summed E-state index contributed by atoms with van der Waals surface area (Å²) in [5, 5.41) is 6.51. The number of carbonyl (C=O) groups is 1. The molecule has 0 radical (unpaired) electrons. The van der Waals surface area contributed by atoms with Gasteiger partial charge >= 0.3 is 0 Å². The lowest BCUT2D eigenvalue weighted by Gasteiger charge is -2.28. The first kappa shape index (κ1) is 16.5. The Morgan fingerprint density at radius 2 is 1.96 bits per heavy atom. The van der Waals surface area contributed by atoms with Crippen LogP contribution in [0.2, 0.25) is 0 Å². The molecular formula is C19H29N3O. The predicted molar refractivity (Wildman–Crippen MR) is 94.5 cm³/mol. The van der Waals surface area contributed by atoms with Gasteiger partial charge in [-0.1, -0.05) is 25.3 Å². The van der Waals surface area contributed by atoms with E-state index < -0.39 is 0 Å². The van der Waals surface area contributed by atoms with Gasteiger partial charge < -0.3 is 10.6 Å². The number of anilines is 1. The average Bonchev–Trinajstić information content (AvgIpc) is 2.59. The maximum absolute atomic E-state index is 12.4. The highest BCUT2D eigenvalue weighted by Gasteiger charge is 2.21. The molecule has 0 aromatic heterocycles. The van der Waals surface area contributed by atoms with Gasteiger partial charge in [-0.25, -0.2) is 0 Å². The van der Waals surface area contributed by atoms with Gasteiger partial charge in [-0.2, -0.15) is 0 Å². The van der Waals surface area contributed by atoms with Gasteiger partial charge in [0.1, 0.15) is 0 Å². The van der Waals surface area contributed by atoms with Crippen molar-refractivity contribution in [3.8, 4) is 0 Å². The fraction of sp³-hybridized carbons (Fsp3) is 0.632. The van der Waals surface area contributed by atoms with E-state index in [0.29, 0.717) is 0 Å². The third-order valence-corrected chi connectivity index (χ3v) is 5.19. The van der Waals surface area contributed by atoms with Crippen molar-refractivity contribution in [2.75, 3.05) is 31.5 Å². The summed E-state index contributed by atoms with van der Waals surface area (Å²) in [5.74, 6) is 0.420. The number of aryl methyl sites for hydroxylation is 1. The molecule has 2 aliphatic rings. The van der Waals surface area contributed by atoms with Crippen LogP contribution in [0.3, 0.4) is 0 Å². The fourth-order valence-electron chi connectivity index (χ4n) is 3.67. The number of carbonyl (C=O) groups excluding carboxylic acids is 1. The van der Waals surface area contributed by atoms with Crippen LogP contribution in [0.15, 0.2) is 18.2 Å². The molecule has 4 heteroatoms. The Kier molecular flexibility index (Phi) is 5.68. The van der Waals surface area contributed by atoms with Crippen LogP contribution in [-0.4, -0.2) is 37.0 Å². The third kappa shape index (κ3) is 4.55. The molecule has 1 aromatic rings. The molecular weight excluding hydrogens is 286 g/mol. The van der Waals surface area contributed by atoms with Gasteiger partial charge in [0.25, 0.3) is 0 Å². The molecule has 0 spiro atoms.